The van der Waals surface area contributed by atoms with E-state index in [2.05, 4.69) is 70.4 Å². The molecule has 5 nitrogen and oxygen atoms in total. The summed E-state index contributed by atoms with van der Waals surface area (Å²) in [7, 11) is 0. The molecule has 1 fully saturated rings. The number of nitrogens with one attached hydrogen (secondary N) is 1. The van der Waals surface area contributed by atoms with Crippen LogP contribution in [0.5, 0.6) is 0 Å². The van der Waals surface area contributed by atoms with E-state index in [0.717, 1.165) is 40.7 Å². The fraction of sp³-hybridized carbons (Fsp3) is 0.320. The Kier molecular flexibility index (Phi) is 6.87. The van der Waals surface area contributed by atoms with Gasteiger partial charge in [0.05, 0.1) is 5.92 Å². The quantitative estimate of drug-likeness (QED) is 0.608. The highest BCUT2D eigenvalue weighted by atomic mass is 32.2. The third-order valence-electron chi connectivity index (χ3n) is 5.69. The van der Waals surface area contributed by atoms with Gasteiger partial charge in [-0.1, -0.05) is 53.7 Å². The molecule has 0 aliphatic carbocycles. The van der Waals surface area contributed by atoms with Crippen molar-refractivity contribution < 1.29 is 4.79 Å². The van der Waals surface area contributed by atoms with Gasteiger partial charge in [-0.05, 0) is 49.9 Å². The lowest BCUT2D eigenvalue weighted by atomic mass is 9.97. The maximum atomic E-state index is 12.9. The number of aryl methyl sites for hydroxylation is 2. The third-order valence-corrected chi connectivity index (χ3v) is 6.68. The maximum Gasteiger partial charge on any atom is 0.225 e. The lowest BCUT2D eigenvalue weighted by Crippen LogP contribution is -2.43. The van der Waals surface area contributed by atoms with Crippen LogP contribution in [0.25, 0.3) is 0 Å². The molecular formula is C25H28N4OS. The van der Waals surface area contributed by atoms with Crippen molar-refractivity contribution in [2.24, 2.45) is 5.92 Å². The Hall–Kier alpha value is -2.86. The second kappa shape index (κ2) is 9.96. The molecule has 4 rings (SSSR count). The molecule has 1 saturated heterocycles. The summed E-state index contributed by atoms with van der Waals surface area (Å²) in [4.78, 5) is 25.4. The van der Waals surface area contributed by atoms with E-state index in [-0.39, 0.29) is 11.8 Å². The molecule has 0 saturated carbocycles. The Morgan fingerprint density at radius 2 is 1.87 bits per heavy atom. The second-order valence-corrected chi connectivity index (χ2v) is 9.09. The minimum atomic E-state index is -0.0444. The largest absolute Gasteiger partial charge is 0.354 e. The van der Waals surface area contributed by atoms with Crippen molar-refractivity contribution in [2.45, 2.75) is 43.2 Å². The van der Waals surface area contributed by atoms with E-state index < -0.39 is 0 Å². The normalized spacial score (nSPS) is 16.2. The lowest BCUT2D eigenvalue weighted by molar-refractivity contribution is -0.125. The van der Waals surface area contributed by atoms with Gasteiger partial charge in [-0.3, -0.25) is 4.79 Å². The van der Waals surface area contributed by atoms with Crippen LogP contribution in [0.2, 0.25) is 0 Å². The van der Waals surface area contributed by atoms with Gasteiger partial charge in [0, 0.05) is 36.9 Å². The number of amides is 1. The SMILES string of the molecule is Cc1ccc(Sc2nccnc2N2CCCC(C(=O)NCc3ccccc3C)C2)cc1. The number of anilines is 1. The van der Waals surface area contributed by atoms with Gasteiger partial charge in [-0.25, -0.2) is 9.97 Å². The zero-order valence-corrected chi connectivity index (χ0v) is 18.9. The summed E-state index contributed by atoms with van der Waals surface area (Å²) >= 11 is 1.62. The van der Waals surface area contributed by atoms with E-state index in [1.807, 2.05) is 12.1 Å². The fourth-order valence-corrected chi connectivity index (χ4v) is 4.73. The molecule has 1 aliphatic heterocycles. The summed E-state index contributed by atoms with van der Waals surface area (Å²) in [5, 5.41) is 4.02. The Balaban J connectivity index is 1.43. The smallest absolute Gasteiger partial charge is 0.225 e. The maximum absolute atomic E-state index is 12.9. The first-order chi connectivity index (χ1) is 15.1. The molecule has 0 radical (unpaired) electrons. The average Bonchev–Trinajstić information content (AvgIpc) is 2.80. The molecule has 2 aromatic carbocycles. The fourth-order valence-electron chi connectivity index (χ4n) is 3.84. The molecule has 3 aromatic rings. The summed E-state index contributed by atoms with van der Waals surface area (Å²) in [5.41, 5.74) is 3.60. The minimum Gasteiger partial charge on any atom is -0.354 e. The number of carbonyl (C=O) groups is 1. The van der Waals surface area contributed by atoms with E-state index in [0.29, 0.717) is 13.1 Å². The van der Waals surface area contributed by atoms with Crippen molar-refractivity contribution in [1.29, 1.82) is 0 Å². The van der Waals surface area contributed by atoms with E-state index in [9.17, 15) is 4.79 Å². The zero-order chi connectivity index (χ0) is 21.6. The highest BCUT2D eigenvalue weighted by molar-refractivity contribution is 7.99. The number of hydrogen-bond acceptors (Lipinski definition) is 5. The van der Waals surface area contributed by atoms with Gasteiger partial charge in [0.2, 0.25) is 5.91 Å². The number of carbonyl (C=O) groups excluding carboxylic acids is 1. The number of nitrogens with zero attached hydrogens (tertiary/aromatic N) is 3. The first-order valence-corrected chi connectivity index (χ1v) is 11.5. The highest BCUT2D eigenvalue weighted by Gasteiger charge is 2.28. The monoisotopic (exact) mass is 432 g/mol. The van der Waals surface area contributed by atoms with Crippen LogP contribution in [-0.4, -0.2) is 29.0 Å². The second-order valence-electron chi connectivity index (χ2n) is 8.03. The van der Waals surface area contributed by atoms with Crippen LogP contribution in [0.3, 0.4) is 0 Å². The minimum absolute atomic E-state index is 0.0444. The van der Waals surface area contributed by atoms with Gasteiger partial charge in [-0.15, -0.1) is 0 Å². The van der Waals surface area contributed by atoms with Gasteiger partial charge >= 0.3 is 0 Å². The summed E-state index contributed by atoms with van der Waals surface area (Å²) in [5.74, 6) is 0.936. The number of aromatic nitrogens is 2. The van der Waals surface area contributed by atoms with Crippen LogP contribution < -0.4 is 10.2 Å². The first-order valence-electron chi connectivity index (χ1n) is 10.7. The van der Waals surface area contributed by atoms with Crippen LogP contribution in [0, 0.1) is 19.8 Å². The van der Waals surface area contributed by atoms with Gasteiger partial charge in [0.25, 0.3) is 0 Å². The molecule has 31 heavy (non-hydrogen) atoms. The number of piperidine rings is 1. The van der Waals surface area contributed by atoms with Crippen LogP contribution >= 0.6 is 11.8 Å². The molecule has 1 amide bonds. The molecule has 1 aromatic heterocycles. The summed E-state index contributed by atoms with van der Waals surface area (Å²) in [6.07, 6.45) is 5.33. The number of hydrogen-bond donors (Lipinski definition) is 1. The van der Waals surface area contributed by atoms with Crippen molar-refractivity contribution >= 4 is 23.5 Å². The molecule has 1 unspecified atom stereocenters. The molecule has 0 spiro atoms. The molecule has 1 aliphatic rings. The van der Waals surface area contributed by atoms with E-state index >= 15 is 0 Å². The van der Waals surface area contributed by atoms with Crippen molar-refractivity contribution in [2.75, 3.05) is 18.0 Å². The Morgan fingerprint density at radius 3 is 2.68 bits per heavy atom. The van der Waals surface area contributed by atoms with Crippen molar-refractivity contribution in [3.8, 4) is 0 Å². The summed E-state index contributed by atoms with van der Waals surface area (Å²) < 4.78 is 0. The Morgan fingerprint density at radius 1 is 1.10 bits per heavy atom. The molecule has 1 atom stereocenters. The average molecular weight is 433 g/mol. The van der Waals surface area contributed by atoms with Crippen molar-refractivity contribution in [3.05, 3.63) is 77.6 Å². The highest BCUT2D eigenvalue weighted by Crippen LogP contribution is 2.34. The summed E-state index contributed by atoms with van der Waals surface area (Å²) in [6.45, 7) is 6.29. The summed E-state index contributed by atoms with van der Waals surface area (Å²) in [6, 6.07) is 16.6. The number of rotatable bonds is 6. The number of benzene rings is 2. The van der Waals surface area contributed by atoms with Gasteiger partial charge in [0.15, 0.2) is 5.82 Å². The van der Waals surface area contributed by atoms with Crippen LogP contribution in [-0.2, 0) is 11.3 Å². The molecule has 1 N–H and O–H groups in total. The molecule has 160 valence electrons. The zero-order valence-electron chi connectivity index (χ0n) is 18.0. The molecular weight excluding hydrogens is 404 g/mol. The van der Waals surface area contributed by atoms with E-state index in [1.54, 1.807) is 24.2 Å². The molecule has 0 bridgehead atoms. The Bertz CT molecular complexity index is 1040. The van der Waals surface area contributed by atoms with Gasteiger partial charge in [0.1, 0.15) is 5.03 Å². The van der Waals surface area contributed by atoms with Gasteiger partial charge in [-0.2, -0.15) is 0 Å². The van der Waals surface area contributed by atoms with Crippen molar-refractivity contribution in [1.82, 2.24) is 15.3 Å². The van der Waals surface area contributed by atoms with Crippen molar-refractivity contribution in [3.63, 3.8) is 0 Å². The van der Waals surface area contributed by atoms with Gasteiger partial charge < -0.3 is 10.2 Å². The topological polar surface area (TPSA) is 58.1 Å². The third kappa shape index (κ3) is 5.44. The first kappa shape index (κ1) is 21.4. The standard InChI is InChI=1S/C25H28N4OS/c1-18-9-11-22(12-10-18)31-25-23(26-13-14-27-25)29-15-5-8-21(17-29)24(30)28-16-20-7-4-3-6-19(20)2/h3-4,6-7,9-14,21H,5,8,15-17H2,1-2H3,(H,28,30). The Labute approximate surface area is 188 Å². The molecule has 6 heteroatoms. The van der Waals surface area contributed by atoms with E-state index in [4.69, 9.17) is 0 Å². The van der Waals surface area contributed by atoms with E-state index in [1.165, 1.54) is 11.1 Å². The predicted molar refractivity (Wildman–Crippen MR) is 125 cm³/mol. The van der Waals surface area contributed by atoms with Crippen LogP contribution in [0.4, 0.5) is 5.82 Å². The van der Waals surface area contributed by atoms with Crippen LogP contribution in [0.1, 0.15) is 29.5 Å². The van der Waals surface area contributed by atoms with Crippen LogP contribution in [0.15, 0.2) is 70.8 Å². The predicted octanol–water partition coefficient (Wildman–Crippen LogP) is 4.78. The lowest BCUT2D eigenvalue weighted by Gasteiger charge is -2.33. The molecule has 2 heterocycles.